The zero-order valence-corrected chi connectivity index (χ0v) is 16.5. The van der Waals surface area contributed by atoms with Gasteiger partial charge in [-0.3, -0.25) is 4.79 Å². The van der Waals surface area contributed by atoms with Crippen molar-refractivity contribution in [3.63, 3.8) is 0 Å². The summed E-state index contributed by atoms with van der Waals surface area (Å²) in [4.78, 5) is 14.2. The van der Waals surface area contributed by atoms with Gasteiger partial charge in [0.15, 0.2) is 6.61 Å². The zero-order chi connectivity index (χ0) is 19.8. The first-order valence-electron chi connectivity index (χ1n) is 10.1. The van der Waals surface area contributed by atoms with Crippen LogP contribution >= 0.6 is 0 Å². The lowest BCUT2D eigenvalue weighted by Crippen LogP contribution is -2.52. The Kier molecular flexibility index (Phi) is 7.65. The van der Waals surface area contributed by atoms with Gasteiger partial charge in [0.05, 0.1) is 24.9 Å². The fraction of sp³-hybridized carbons (Fsp3) is 0.667. The Morgan fingerprint density at radius 3 is 2.71 bits per heavy atom. The Bertz CT molecular complexity index is 616. The Hall–Kier alpha value is -1.70. The Balaban J connectivity index is 1.41. The summed E-state index contributed by atoms with van der Waals surface area (Å²) in [5.74, 6) is 0.109. The van der Waals surface area contributed by atoms with Crippen LogP contribution in [0.25, 0.3) is 0 Å². The van der Waals surface area contributed by atoms with E-state index in [1.165, 1.54) is 24.3 Å². The van der Waals surface area contributed by atoms with E-state index in [-0.39, 0.29) is 30.0 Å². The highest BCUT2D eigenvalue weighted by molar-refractivity contribution is 5.77. The Morgan fingerprint density at radius 2 is 2.00 bits per heavy atom. The van der Waals surface area contributed by atoms with E-state index in [1.54, 1.807) is 0 Å². The van der Waals surface area contributed by atoms with Gasteiger partial charge in [0, 0.05) is 32.7 Å². The fourth-order valence-corrected chi connectivity index (χ4v) is 3.82. The van der Waals surface area contributed by atoms with Crippen molar-refractivity contribution in [3.8, 4) is 5.75 Å². The van der Waals surface area contributed by atoms with Crippen LogP contribution < -0.4 is 4.74 Å². The number of likely N-dealkylation sites (tertiary alicyclic amines) is 1. The summed E-state index contributed by atoms with van der Waals surface area (Å²) in [7, 11) is 0. The molecule has 2 aliphatic heterocycles. The molecule has 0 saturated carbocycles. The molecule has 1 spiro atoms. The minimum atomic E-state index is -0.326. The van der Waals surface area contributed by atoms with E-state index in [4.69, 9.17) is 18.9 Å². The normalized spacial score (nSPS) is 21.6. The van der Waals surface area contributed by atoms with Crippen LogP contribution in [-0.2, 0) is 19.0 Å². The maximum atomic E-state index is 12.9. The number of nitrogens with zero attached hydrogens (tertiary/aromatic N) is 1. The number of carbonyl (C=O) groups excluding carboxylic acids is 1. The third kappa shape index (κ3) is 5.90. The minimum absolute atomic E-state index is 0.0390. The molecule has 2 saturated heterocycles. The van der Waals surface area contributed by atoms with Crippen LogP contribution in [0.4, 0.5) is 4.39 Å². The predicted molar refractivity (Wildman–Crippen MR) is 102 cm³/mol. The second-order valence-electron chi connectivity index (χ2n) is 7.34. The topological polar surface area (TPSA) is 57.2 Å². The Labute approximate surface area is 165 Å². The standard InChI is InChI=1S/C21H30FNO5/c1-2-25-13-14-26-19-7-12-28-21(15-19)8-10-23(11-9-21)20(24)16-27-18-5-3-17(22)4-6-18/h3-6,19H,2,7-16H2,1H3. The maximum absolute atomic E-state index is 12.9. The number of hydrogen-bond acceptors (Lipinski definition) is 5. The highest BCUT2D eigenvalue weighted by Gasteiger charge is 2.41. The van der Waals surface area contributed by atoms with Crippen molar-refractivity contribution >= 4 is 5.91 Å². The summed E-state index contributed by atoms with van der Waals surface area (Å²) < 4.78 is 35.8. The molecule has 1 amide bonds. The number of ether oxygens (including phenoxy) is 4. The molecule has 2 heterocycles. The number of hydrogen-bond donors (Lipinski definition) is 0. The van der Waals surface area contributed by atoms with Gasteiger partial charge >= 0.3 is 0 Å². The number of rotatable bonds is 8. The molecule has 28 heavy (non-hydrogen) atoms. The van der Waals surface area contributed by atoms with Gasteiger partial charge in [0.1, 0.15) is 11.6 Å². The van der Waals surface area contributed by atoms with Gasteiger partial charge < -0.3 is 23.8 Å². The van der Waals surface area contributed by atoms with Crippen LogP contribution in [0.15, 0.2) is 24.3 Å². The molecule has 7 heteroatoms. The molecule has 1 atom stereocenters. The number of piperidine rings is 1. The van der Waals surface area contributed by atoms with E-state index in [0.717, 1.165) is 25.7 Å². The van der Waals surface area contributed by atoms with Gasteiger partial charge in [-0.2, -0.15) is 0 Å². The van der Waals surface area contributed by atoms with Gasteiger partial charge in [0.25, 0.3) is 5.91 Å². The lowest BCUT2D eigenvalue weighted by molar-refractivity contribution is -0.163. The number of carbonyl (C=O) groups is 1. The number of halogens is 1. The third-order valence-corrected chi connectivity index (χ3v) is 5.44. The van der Waals surface area contributed by atoms with Gasteiger partial charge in [-0.05, 0) is 50.5 Å². The lowest BCUT2D eigenvalue weighted by atomic mass is 9.83. The van der Waals surface area contributed by atoms with Crippen LogP contribution in [0.1, 0.15) is 32.6 Å². The molecular formula is C21H30FNO5. The average Bonchev–Trinajstić information content (AvgIpc) is 2.71. The first-order valence-corrected chi connectivity index (χ1v) is 10.1. The fourth-order valence-electron chi connectivity index (χ4n) is 3.82. The van der Waals surface area contributed by atoms with Gasteiger partial charge in [0.2, 0.25) is 0 Å². The maximum Gasteiger partial charge on any atom is 0.260 e. The zero-order valence-electron chi connectivity index (χ0n) is 16.5. The van der Waals surface area contributed by atoms with Gasteiger partial charge in [-0.25, -0.2) is 4.39 Å². The van der Waals surface area contributed by atoms with E-state index in [9.17, 15) is 9.18 Å². The first-order chi connectivity index (χ1) is 13.6. The molecule has 2 aliphatic rings. The molecule has 0 aromatic heterocycles. The van der Waals surface area contributed by atoms with Crippen LogP contribution in [0.5, 0.6) is 5.75 Å². The second kappa shape index (κ2) is 10.2. The molecule has 1 unspecified atom stereocenters. The van der Waals surface area contributed by atoms with E-state index >= 15 is 0 Å². The van der Waals surface area contributed by atoms with E-state index in [1.807, 2.05) is 11.8 Å². The summed E-state index contributed by atoms with van der Waals surface area (Å²) in [5, 5.41) is 0. The average molecular weight is 395 g/mol. The summed E-state index contributed by atoms with van der Waals surface area (Å²) in [6.07, 6.45) is 3.58. The minimum Gasteiger partial charge on any atom is -0.484 e. The molecule has 3 rings (SSSR count). The lowest BCUT2D eigenvalue weighted by Gasteiger charge is -2.46. The molecule has 2 fully saturated rings. The molecule has 156 valence electrons. The molecule has 1 aromatic carbocycles. The largest absolute Gasteiger partial charge is 0.484 e. The molecule has 0 bridgehead atoms. The number of amides is 1. The molecular weight excluding hydrogens is 365 g/mol. The van der Waals surface area contributed by atoms with Crippen molar-refractivity contribution in [3.05, 3.63) is 30.1 Å². The molecule has 1 aromatic rings. The van der Waals surface area contributed by atoms with Crippen LogP contribution in [0, 0.1) is 5.82 Å². The van der Waals surface area contributed by atoms with Crippen molar-refractivity contribution in [1.29, 1.82) is 0 Å². The summed E-state index contributed by atoms with van der Waals surface area (Å²) in [6, 6.07) is 5.68. The smallest absolute Gasteiger partial charge is 0.260 e. The Morgan fingerprint density at radius 1 is 1.25 bits per heavy atom. The van der Waals surface area contributed by atoms with Crippen LogP contribution in [-0.4, -0.2) is 68.6 Å². The van der Waals surface area contributed by atoms with Crippen molar-refractivity contribution in [2.45, 2.75) is 44.3 Å². The number of benzene rings is 1. The van der Waals surface area contributed by atoms with E-state index < -0.39 is 0 Å². The van der Waals surface area contributed by atoms with Crippen LogP contribution in [0.2, 0.25) is 0 Å². The molecule has 6 nitrogen and oxygen atoms in total. The van der Waals surface area contributed by atoms with Crippen molar-refractivity contribution in [2.75, 3.05) is 46.1 Å². The molecule has 0 N–H and O–H groups in total. The first kappa shape index (κ1) is 21.0. The third-order valence-electron chi connectivity index (χ3n) is 5.44. The summed E-state index contributed by atoms with van der Waals surface area (Å²) >= 11 is 0. The van der Waals surface area contributed by atoms with Crippen molar-refractivity contribution < 1.29 is 28.1 Å². The quantitative estimate of drug-likeness (QED) is 0.634. The highest BCUT2D eigenvalue weighted by Crippen LogP contribution is 2.36. The van der Waals surface area contributed by atoms with Crippen molar-refractivity contribution in [1.82, 2.24) is 4.90 Å². The predicted octanol–water partition coefficient (Wildman–Crippen LogP) is 2.80. The van der Waals surface area contributed by atoms with Gasteiger partial charge in [-0.15, -0.1) is 0 Å². The molecule has 0 radical (unpaired) electrons. The van der Waals surface area contributed by atoms with Crippen LogP contribution in [0.3, 0.4) is 0 Å². The SMILES string of the molecule is CCOCCOC1CCOC2(CCN(C(=O)COc3ccc(F)cc3)CC2)C1. The van der Waals surface area contributed by atoms with E-state index in [2.05, 4.69) is 0 Å². The highest BCUT2D eigenvalue weighted by atomic mass is 19.1. The second-order valence-corrected chi connectivity index (χ2v) is 7.34. The van der Waals surface area contributed by atoms with Crippen molar-refractivity contribution in [2.24, 2.45) is 0 Å². The monoisotopic (exact) mass is 395 g/mol. The summed E-state index contributed by atoms with van der Waals surface area (Å²) in [5.41, 5.74) is -0.191. The summed E-state index contributed by atoms with van der Waals surface area (Å²) in [6.45, 7) is 5.87. The van der Waals surface area contributed by atoms with E-state index in [0.29, 0.717) is 45.3 Å². The van der Waals surface area contributed by atoms with Gasteiger partial charge in [-0.1, -0.05) is 0 Å². The molecule has 0 aliphatic carbocycles.